The highest BCUT2D eigenvalue weighted by molar-refractivity contribution is 8.26. The Bertz CT molecular complexity index is 809. The van der Waals surface area contributed by atoms with Crippen molar-refractivity contribution >= 4 is 46.3 Å². The Kier molecular flexibility index (Phi) is 10.9. The monoisotopic (exact) mass is 465 g/mol. The van der Waals surface area contributed by atoms with Crippen LogP contribution in [0.5, 0.6) is 11.5 Å². The first-order valence-electron chi connectivity index (χ1n) is 10.7. The molecule has 0 spiro atoms. The molecule has 1 aromatic carbocycles. The number of carboxylic acid groups (broad SMARTS) is 1. The first kappa shape index (κ1) is 25.2. The molecule has 1 amide bonds. The summed E-state index contributed by atoms with van der Waals surface area (Å²) in [5, 5.41) is 8.70. The Labute approximate surface area is 194 Å². The Hall–Kier alpha value is -2.06. The summed E-state index contributed by atoms with van der Waals surface area (Å²) in [4.78, 5) is 25.5. The van der Waals surface area contributed by atoms with Gasteiger partial charge in [-0.25, -0.2) is 0 Å². The van der Waals surface area contributed by atoms with Crippen LogP contribution in [0.1, 0.15) is 63.9 Å². The predicted molar refractivity (Wildman–Crippen MR) is 129 cm³/mol. The molecule has 31 heavy (non-hydrogen) atoms. The van der Waals surface area contributed by atoms with Crippen molar-refractivity contribution in [2.45, 2.75) is 58.3 Å². The summed E-state index contributed by atoms with van der Waals surface area (Å²) in [6.45, 7) is 3.34. The van der Waals surface area contributed by atoms with E-state index in [1.807, 2.05) is 24.3 Å². The Balaban J connectivity index is 1.95. The van der Waals surface area contributed by atoms with Gasteiger partial charge in [-0.05, 0) is 43.0 Å². The molecule has 0 atom stereocenters. The van der Waals surface area contributed by atoms with E-state index in [1.165, 1.54) is 24.6 Å². The van der Waals surface area contributed by atoms with Crippen molar-refractivity contribution in [3.63, 3.8) is 0 Å². The van der Waals surface area contributed by atoms with E-state index in [4.69, 9.17) is 26.8 Å². The predicted octanol–water partition coefficient (Wildman–Crippen LogP) is 5.50. The first-order chi connectivity index (χ1) is 15.0. The van der Waals surface area contributed by atoms with Crippen LogP contribution in [-0.2, 0) is 9.59 Å². The number of ether oxygens (including phenoxy) is 2. The maximum Gasteiger partial charge on any atom is 0.303 e. The lowest BCUT2D eigenvalue weighted by Gasteiger charge is -2.14. The van der Waals surface area contributed by atoms with Gasteiger partial charge in [0.15, 0.2) is 11.5 Å². The molecule has 2 rings (SSSR count). The van der Waals surface area contributed by atoms with Gasteiger partial charge >= 0.3 is 5.97 Å². The van der Waals surface area contributed by atoms with E-state index in [2.05, 4.69) is 6.92 Å². The van der Waals surface area contributed by atoms with E-state index >= 15 is 0 Å². The van der Waals surface area contributed by atoms with Crippen LogP contribution < -0.4 is 9.47 Å². The van der Waals surface area contributed by atoms with Gasteiger partial charge in [-0.3, -0.25) is 14.5 Å². The number of aliphatic carboxylic acids is 1. The molecular weight excluding hydrogens is 434 g/mol. The quantitative estimate of drug-likeness (QED) is 0.221. The third-order valence-corrected chi connectivity index (χ3v) is 6.26. The molecule has 1 heterocycles. The number of thioether (sulfide) groups is 1. The number of thiocarbonyl (C=S) groups is 1. The average Bonchev–Trinajstić information content (AvgIpc) is 3.01. The number of carbonyl (C=O) groups is 2. The SMILES string of the molecule is CCCCCCOc1ccc(C=C2SC(=S)N(CCCCCC(=O)O)C2=O)cc1OC. The molecule has 0 aromatic heterocycles. The molecule has 8 heteroatoms. The molecule has 0 saturated carbocycles. The molecule has 1 N–H and O–H groups in total. The molecule has 1 aromatic rings. The number of hydrogen-bond acceptors (Lipinski definition) is 6. The zero-order valence-corrected chi connectivity index (χ0v) is 19.9. The highest BCUT2D eigenvalue weighted by atomic mass is 32.2. The molecule has 1 aliphatic rings. The van der Waals surface area contributed by atoms with Crippen LogP contribution in [-0.4, -0.2) is 46.5 Å². The zero-order chi connectivity index (χ0) is 22.6. The summed E-state index contributed by atoms with van der Waals surface area (Å²) in [6, 6.07) is 5.63. The van der Waals surface area contributed by atoms with E-state index in [0.717, 1.165) is 31.2 Å². The highest BCUT2D eigenvalue weighted by Crippen LogP contribution is 2.35. The number of rotatable bonds is 14. The minimum Gasteiger partial charge on any atom is -0.493 e. The fourth-order valence-electron chi connectivity index (χ4n) is 3.17. The minimum absolute atomic E-state index is 0.108. The number of carboxylic acids is 1. The van der Waals surface area contributed by atoms with Gasteiger partial charge in [-0.1, -0.05) is 62.7 Å². The van der Waals surface area contributed by atoms with Crippen LogP contribution in [0.3, 0.4) is 0 Å². The van der Waals surface area contributed by atoms with Gasteiger partial charge in [0.2, 0.25) is 0 Å². The fraction of sp³-hybridized carbons (Fsp3) is 0.522. The van der Waals surface area contributed by atoms with E-state index in [9.17, 15) is 9.59 Å². The number of carbonyl (C=O) groups excluding carboxylic acids is 1. The van der Waals surface area contributed by atoms with Gasteiger partial charge in [0.1, 0.15) is 4.32 Å². The summed E-state index contributed by atoms with van der Waals surface area (Å²) < 4.78 is 11.9. The van der Waals surface area contributed by atoms with E-state index in [0.29, 0.717) is 40.3 Å². The van der Waals surface area contributed by atoms with Crippen molar-refractivity contribution in [3.8, 4) is 11.5 Å². The van der Waals surface area contributed by atoms with Crippen LogP contribution in [0, 0.1) is 0 Å². The van der Waals surface area contributed by atoms with Crippen molar-refractivity contribution in [2.75, 3.05) is 20.3 Å². The van der Waals surface area contributed by atoms with E-state index in [-0.39, 0.29) is 12.3 Å². The number of amides is 1. The van der Waals surface area contributed by atoms with Crippen molar-refractivity contribution in [1.29, 1.82) is 0 Å². The molecule has 6 nitrogen and oxygen atoms in total. The topological polar surface area (TPSA) is 76.1 Å². The highest BCUT2D eigenvalue weighted by Gasteiger charge is 2.31. The molecule has 0 unspecified atom stereocenters. The van der Waals surface area contributed by atoms with Crippen LogP contribution >= 0.6 is 24.0 Å². The lowest BCUT2D eigenvalue weighted by molar-refractivity contribution is -0.137. The Morgan fingerprint density at radius 2 is 1.94 bits per heavy atom. The number of benzene rings is 1. The summed E-state index contributed by atoms with van der Waals surface area (Å²) in [5.74, 6) is 0.434. The van der Waals surface area contributed by atoms with Gasteiger partial charge in [0, 0.05) is 13.0 Å². The molecule has 1 aliphatic heterocycles. The van der Waals surface area contributed by atoms with Crippen molar-refractivity contribution in [1.82, 2.24) is 4.90 Å². The third kappa shape index (κ3) is 8.18. The van der Waals surface area contributed by atoms with Gasteiger partial charge < -0.3 is 14.6 Å². The van der Waals surface area contributed by atoms with Crippen LogP contribution in [0.4, 0.5) is 0 Å². The number of hydrogen-bond donors (Lipinski definition) is 1. The number of nitrogens with zero attached hydrogens (tertiary/aromatic N) is 1. The summed E-state index contributed by atoms with van der Waals surface area (Å²) in [6.07, 6.45) is 8.61. The van der Waals surface area contributed by atoms with Crippen molar-refractivity contribution in [3.05, 3.63) is 28.7 Å². The van der Waals surface area contributed by atoms with Crippen molar-refractivity contribution < 1.29 is 24.2 Å². The molecule has 170 valence electrons. The summed E-state index contributed by atoms with van der Waals surface area (Å²) >= 11 is 6.65. The lowest BCUT2D eigenvalue weighted by Crippen LogP contribution is -2.29. The van der Waals surface area contributed by atoms with Gasteiger partial charge in [0.05, 0.1) is 18.6 Å². The lowest BCUT2D eigenvalue weighted by atomic mass is 10.1. The smallest absolute Gasteiger partial charge is 0.303 e. The molecule has 0 radical (unpaired) electrons. The number of methoxy groups -OCH3 is 1. The van der Waals surface area contributed by atoms with Gasteiger partial charge in [0.25, 0.3) is 5.91 Å². The van der Waals surface area contributed by atoms with Gasteiger partial charge in [-0.2, -0.15) is 0 Å². The summed E-state index contributed by atoms with van der Waals surface area (Å²) in [7, 11) is 1.60. The second kappa shape index (κ2) is 13.4. The minimum atomic E-state index is -0.795. The molecule has 0 aliphatic carbocycles. The van der Waals surface area contributed by atoms with E-state index < -0.39 is 5.97 Å². The zero-order valence-electron chi connectivity index (χ0n) is 18.2. The van der Waals surface area contributed by atoms with Gasteiger partial charge in [-0.15, -0.1) is 0 Å². The van der Waals surface area contributed by atoms with E-state index in [1.54, 1.807) is 12.0 Å². The number of unbranched alkanes of at least 4 members (excludes halogenated alkanes) is 5. The second-order valence-electron chi connectivity index (χ2n) is 7.36. The van der Waals surface area contributed by atoms with Crippen LogP contribution in [0.15, 0.2) is 23.1 Å². The average molecular weight is 466 g/mol. The normalized spacial score (nSPS) is 15.0. The second-order valence-corrected chi connectivity index (χ2v) is 9.03. The van der Waals surface area contributed by atoms with Crippen LogP contribution in [0.25, 0.3) is 6.08 Å². The molecular formula is C23H31NO5S2. The molecule has 1 fully saturated rings. The van der Waals surface area contributed by atoms with Crippen molar-refractivity contribution in [2.24, 2.45) is 0 Å². The maximum absolute atomic E-state index is 12.7. The van der Waals surface area contributed by atoms with Crippen LogP contribution in [0.2, 0.25) is 0 Å². The molecule has 1 saturated heterocycles. The molecule has 0 bridgehead atoms. The Morgan fingerprint density at radius 1 is 1.16 bits per heavy atom. The first-order valence-corrected chi connectivity index (χ1v) is 12.0. The maximum atomic E-state index is 12.7. The largest absolute Gasteiger partial charge is 0.493 e. The Morgan fingerprint density at radius 3 is 2.65 bits per heavy atom. The fourth-order valence-corrected chi connectivity index (χ4v) is 4.48. The standard InChI is InChI=1S/C23H31NO5S2/c1-3-4-5-9-14-29-18-12-11-17(15-19(18)28-2)16-20-22(27)24(23(30)31-20)13-8-6-7-10-21(25)26/h11-12,15-16H,3-10,13-14H2,1-2H3,(H,25,26). The third-order valence-electron chi connectivity index (χ3n) is 4.89. The summed E-state index contributed by atoms with van der Waals surface area (Å²) in [5.41, 5.74) is 0.845.